The topological polar surface area (TPSA) is 62.3 Å². The molecular weight excluding hydrogens is 297 g/mol. The predicted octanol–water partition coefficient (Wildman–Crippen LogP) is 2.82. The van der Waals surface area contributed by atoms with Crippen molar-refractivity contribution in [2.45, 2.75) is 6.54 Å². The molecule has 0 saturated heterocycles. The van der Waals surface area contributed by atoms with Gasteiger partial charge in [0.2, 0.25) is 0 Å². The van der Waals surface area contributed by atoms with Crippen LogP contribution in [0.5, 0.6) is 11.5 Å². The standard InChI is InChI=1S/C17H18FN3O2/c1-22-15-9-13-14(10-16(15)23-2)21(8-7-19)17(20-13)11-3-5-12(18)6-4-11/h3-6,9-10H,7-8,19H2,1-2H3. The van der Waals surface area contributed by atoms with Crippen LogP contribution in [0.4, 0.5) is 4.39 Å². The number of methoxy groups -OCH3 is 2. The van der Waals surface area contributed by atoms with Gasteiger partial charge in [-0.3, -0.25) is 0 Å². The van der Waals surface area contributed by atoms with Gasteiger partial charge in [-0.15, -0.1) is 0 Å². The molecule has 0 aliphatic rings. The highest BCUT2D eigenvalue weighted by Gasteiger charge is 2.16. The Bertz CT molecular complexity index is 828. The highest BCUT2D eigenvalue weighted by molar-refractivity contribution is 5.84. The van der Waals surface area contributed by atoms with E-state index in [1.165, 1.54) is 12.1 Å². The fourth-order valence-electron chi connectivity index (χ4n) is 2.63. The summed E-state index contributed by atoms with van der Waals surface area (Å²) in [6.45, 7) is 1.06. The molecule has 0 unspecified atom stereocenters. The number of hydrogen-bond acceptors (Lipinski definition) is 4. The van der Waals surface area contributed by atoms with Gasteiger partial charge >= 0.3 is 0 Å². The fraction of sp³-hybridized carbons (Fsp3) is 0.235. The molecule has 0 bridgehead atoms. The second kappa shape index (κ2) is 6.26. The van der Waals surface area contributed by atoms with Gasteiger partial charge in [-0.1, -0.05) is 0 Å². The number of imidazole rings is 1. The smallest absolute Gasteiger partial charge is 0.163 e. The Morgan fingerprint density at radius 2 is 1.74 bits per heavy atom. The first-order chi connectivity index (χ1) is 11.2. The van der Waals surface area contributed by atoms with E-state index in [4.69, 9.17) is 15.2 Å². The Kier molecular flexibility index (Phi) is 4.16. The molecule has 5 nitrogen and oxygen atoms in total. The van der Waals surface area contributed by atoms with E-state index in [1.54, 1.807) is 26.4 Å². The number of rotatable bonds is 5. The molecule has 6 heteroatoms. The number of fused-ring (bicyclic) bond motifs is 1. The largest absolute Gasteiger partial charge is 0.493 e. The Morgan fingerprint density at radius 1 is 1.09 bits per heavy atom. The number of aromatic nitrogens is 2. The maximum absolute atomic E-state index is 13.2. The van der Waals surface area contributed by atoms with Crippen molar-refractivity contribution < 1.29 is 13.9 Å². The summed E-state index contributed by atoms with van der Waals surface area (Å²) in [5, 5.41) is 0. The molecule has 3 rings (SSSR count). The van der Waals surface area contributed by atoms with Gasteiger partial charge in [0.05, 0.1) is 25.3 Å². The molecule has 0 aliphatic heterocycles. The monoisotopic (exact) mass is 315 g/mol. The van der Waals surface area contributed by atoms with Crippen LogP contribution < -0.4 is 15.2 Å². The molecule has 0 spiro atoms. The van der Waals surface area contributed by atoms with Gasteiger partial charge in [-0.2, -0.15) is 0 Å². The average molecular weight is 315 g/mol. The molecule has 3 aromatic rings. The molecule has 0 aliphatic carbocycles. The zero-order valence-corrected chi connectivity index (χ0v) is 13.0. The van der Waals surface area contributed by atoms with E-state index in [0.29, 0.717) is 24.6 Å². The average Bonchev–Trinajstić information content (AvgIpc) is 2.92. The zero-order chi connectivity index (χ0) is 16.4. The second-order valence-corrected chi connectivity index (χ2v) is 5.08. The summed E-state index contributed by atoms with van der Waals surface area (Å²) in [5.41, 5.74) is 8.24. The Labute approximate surface area is 133 Å². The summed E-state index contributed by atoms with van der Waals surface area (Å²) in [6, 6.07) is 9.96. The lowest BCUT2D eigenvalue weighted by Gasteiger charge is -2.10. The Morgan fingerprint density at radius 3 is 2.35 bits per heavy atom. The third-order valence-corrected chi connectivity index (χ3v) is 3.71. The van der Waals surface area contributed by atoms with Crippen LogP contribution in [0.25, 0.3) is 22.4 Å². The highest BCUT2D eigenvalue weighted by atomic mass is 19.1. The van der Waals surface area contributed by atoms with Crippen LogP contribution in [0.1, 0.15) is 0 Å². The van der Waals surface area contributed by atoms with Crippen LogP contribution >= 0.6 is 0 Å². The molecule has 2 aromatic carbocycles. The first-order valence-corrected chi connectivity index (χ1v) is 7.26. The van der Waals surface area contributed by atoms with Crippen molar-refractivity contribution in [3.8, 4) is 22.9 Å². The molecule has 0 atom stereocenters. The molecule has 2 N–H and O–H groups in total. The predicted molar refractivity (Wildman–Crippen MR) is 87.3 cm³/mol. The molecule has 0 saturated carbocycles. The van der Waals surface area contributed by atoms with Gasteiger partial charge in [0.1, 0.15) is 11.6 Å². The van der Waals surface area contributed by atoms with E-state index in [1.807, 2.05) is 16.7 Å². The highest BCUT2D eigenvalue weighted by Crippen LogP contribution is 2.34. The van der Waals surface area contributed by atoms with Crippen molar-refractivity contribution in [1.82, 2.24) is 9.55 Å². The fourth-order valence-corrected chi connectivity index (χ4v) is 2.63. The lowest BCUT2D eigenvalue weighted by atomic mass is 10.2. The maximum atomic E-state index is 13.2. The molecule has 1 heterocycles. The number of ether oxygens (including phenoxy) is 2. The number of nitrogens with zero attached hydrogens (tertiary/aromatic N) is 2. The third-order valence-electron chi connectivity index (χ3n) is 3.71. The quantitative estimate of drug-likeness (QED) is 0.786. The molecule has 0 radical (unpaired) electrons. The minimum Gasteiger partial charge on any atom is -0.493 e. The normalized spacial score (nSPS) is 11.0. The van der Waals surface area contributed by atoms with Gasteiger partial charge in [-0.25, -0.2) is 9.37 Å². The number of hydrogen-bond donors (Lipinski definition) is 1. The van der Waals surface area contributed by atoms with E-state index in [0.717, 1.165) is 22.4 Å². The zero-order valence-electron chi connectivity index (χ0n) is 13.0. The first kappa shape index (κ1) is 15.3. The van der Waals surface area contributed by atoms with Crippen molar-refractivity contribution in [1.29, 1.82) is 0 Å². The van der Waals surface area contributed by atoms with Crippen molar-refractivity contribution >= 4 is 11.0 Å². The summed E-state index contributed by atoms with van der Waals surface area (Å²) in [5.74, 6) is 1.70. The van der Waals surface area contributed by atoms with Crippen LogP contribution in [0.2, 0.25) is 0 Å². The maximum Gasteiger partial charge on any atom is 0.163 e. The minimum atomic E-state index is -0.279. The van der Waals surface area contributed by atoms with Gasteiger partial charge in [0, 0.05) is 30.8 Å². The molecule has 0 amide bonds. The lowest BCUT2D eigenvalue weighted by Crippen LogP contribution is -2.11. The second-order valence-electron chi connectivity index (χ2n) is 5.08. The summed E-state index contributed by atoms with van der Waals surface area (Å²) in [7, 11) is 3.18. The minimum absolute atomic E-state index is 0.279. The van der Waals surface area contributed by atoms with Crippen LogP contribution in [0.15, 0.2) is 36.4 Å². The third kappa shape index (κ3) is 2.73. The van der Waals surface area contributed by atoms with Crippen LogP contribution in [0.3, 0.4) is 0 Å². The molecule has 120 valence electrons. The lowest BCUT2D eigenvalue weighted by molar-refractivity contribution is 0.355. The molecule has 1 aromatic heterocycles. The number of benzene rings is 2. The van der Waals surface area contributed by atoms with E-state index < -0.39 is 0 Å². The van der Waals surface area contributed by atoms with Gasteiger partial charge in [0.15, 0.2) is 11.5 Å². The van der Waals surface area contributed by atoms with Crippen molar-refractivity contribution in [3.63, 3.8) is 0 Å². The van der Waals surface area contributed by atoms with Crippen LogP contribution in [-0.4, -0.2) is 30.3 Å². The van der Waals surface area contributed by atoms with Crippen molar-refractivity contribution in [3.05, 3.63) is 42.2 Å². The SMILES string of the molecule is COc1cc2nc(-c3ccc(F)cc3)n(CCN)c2cc1OC. The van der Waals surface area contributed by atoms with Gasteiger partial charge in [-0.05, 0) is 24.3 Å². The van der Waals surface area contributed by atoms with Crippen molar-refractivity contribution in [2.75, 3.05) is 20.8 Å². The summed E-state index contributed by atoms with van der Waals surface area (Å²) in [6.07, 6.45) is 0. The van der Waals surface area contributed by atoms with E-state index >= 15 is 0 Å². The Balaban J connectivity index is 2.24. The van der Waals surface area contributed by atoms with Crippen molar-refractivity contribution in [2.24, 2.45) is 5.73 Å². The number of halogens is 1. The Hall–Kier alpha value is -2.60. The van der Waals surface area contributed by atoms with E-state index in [2.05, 4.69) is 4.98 Å². The van der Waals surface area contributed by atoms with Crippen LogP contribution in [0, 0.1) is 5.82 Å². The van der Waals surface area contributed by atoms with Crippen LogP contribution in [-0.2, 0) is 6.54 Å². The van der Waals surface area contributed by atoms with E-state index in [-0.39, 0.29) is 5.82 Å². The summed E-state index contributed by atoms with van der Waals surface area (Å²) in [4.78, 5) is 4.66. The molecular formula is C17H18FN3O2. The number of nitrogens with two attached hydrogens (primary N) is 1. The van der Waals surface area contributed by atoms with Gasteiger partial charge in [0.25, 0.3) is 0 Å². The summed E-state index contributed by atoms with van der Waals surface area (Å²) >= 11 is 0. The van der Waals surface area contributed by atoms with Gasteiger partial charge < -0.3 is 19.8 Å². The first-order valence-electron chi connectivity index (χ1n) is 7.26. The summed E-state index contributed by atoms with van der Waals surface area (Å²) < 4.78 is 25.9. The van der Waals surface area contributed by atoms with E-state index in [9.17, 15) is 4.39 Å². The molecule has 0 fully saturated rings. The molecule has 23 heavy (non-hydrogen) atoms.